The van der Waals surface area contributed by atoms with Crippen LogP contribution in [-0.2, 0) is 10.0 Å². The van der Waals surface area contributed by atoms with Crippen LogP contribution in [0.4, 0.5) is 17.1 Å². The second kappa shape index (κ2) is 8.60. The molecule has 8 heteroatoms. The summed E-state index contributed by atoms with van der Waals surface area (Å²) in [6, 6.07) is 20.8. The molecule has 0 atom stereocenters. The predicted octanol–water partition coefficient (Wildman–Crippen LogP) is 5.26. The number of para-hydroxylation sites is 1. The van der Waals surface area contributed by atoms with Gasteiger partial charge in [-0.25, -0.2) is 8.42 Å². The summed E-state index contributed by atoms with van der Waals surface area (Å²) >= 11 is 11.4. The second-order valence-electron chi connectivity index (χ2n) is 6.06. The number of hydrogen-bond donors (Lipinski definition) is 3. The van der Waals surface area contributed by atoms with Crippen molar-refractivity contribution >= 4 is 56.0 Å². The maximum absolute atomic E-state index is 12.7. The van der Waals surface area contributed by atoms with Crippen LogP contribution < -0.4 is 15.4 Å². The number of rotatable bonds is 5. The SMILES string of the molecule is Cc1cccc(NC(=S)Nc2cccc(S(=O)(=O)Nc3ccccc3Cl)c2)c1. The summed E-state index contributed by atoms with van der Waals surface area (Å²) < 4.78 is 27.8. The highest BCUT2D eigenvalue weighted by Gasteiger charge is 2.16. The molecular formula is C20H18ClN3O2S2. The Labute approximate surface area is 174 Å². The molecule has 0 aliphatic carbocycles. The number of aryl methyl sites for hydroxylation is 1. The molecule has 0 saturated heterocycles. The van der Waals surface area contributed by atoms with E-state index in [9.17, 15) is 8.42 Å². The summed E-state index contributed by atoms with van der Waals surface area (Å²) in [7, 11) is -3.80. The summed E-state index contributed by atoms with van der Waals surface area (Å²) in [6.45, 7) is 1.99. The van der Waals surface area contributed by atoms with E-state index in [-0.39, 0.29) is 4.90 Å². The van der Waals surface area contributed by atoms with Gasteiger partial charge < -0.3 is 10.6 Å². The molecule has 0 amide bonds. The van der Waals surface area contributed by atoms with E-state index < -0.39 is 10.0 Å². The van der Waals surface area contributed by atoms with Gasteiger partial charge >= 0.3 is 0 Å². The van der Waals surface area contributed by atoms with Gasteiger partial charge in [0.15, 0.2) is 5.11 Å². The van der Waals surface area contributed by atoms with E-state index >= 15 is 0 Å². The molecule has 0 saturated carbocycles. The zero-order valence-electron chi connectivity index (χ0n) is 14.9. The van der Waals surface area contributed by atoms with Crippen molar-refractivity contribution in [1.82, 2.24) is 0 Å². The van der Waals surface area contributed by atoms with Crippen LogP contribution in [0.3, 0.4) is 0 Å². The fourth-order valence-corrected chi connectivity index (χ4v) is 4.10. The molecular weight excluding hydrogens is 414 g/mol. The normalized spacial score (nSPS) is 10.9. The molecule has 0 bridgehead atoms. The Kier molecular flexibility index (Phi) is 6.18. The smallest absolute Gasteiger partial charge is 0.262 e. The first-order valence-electron chi connectivity index (χ1n) is 8.35. The number of halogens is 1. The lowest BCUT2D eigenvalue weighted by Crippen LogP contribution is -2.19. The first-order valence-corrected chi connectivity index (χ1v) is 10.6. The zero-order valence-corrected chi connectivity index (χ0v) is 17.3. The van der Waals surface area contributed by atoms with Gasteiger partial charge in [0, 0.05) is 11.4 Å². The van der Waals surface area contributed by atoms with Gasteiger partial charge in [0.05, 0.1) is 15.6 Å². The predicted molar refractivity (Wildman–Crippen MR) is 120 cm³/mol. The molecule has 28 heavy (non-hydrogen) atoms. The third kappa shape index (κ3) is 5.22. The minimum absolute atomic E-state index is 0.0933. The Morgan fingerprint density at radius 3 is 2.21 bits per heavy atom. The Hall–Kier alpha value is -2.61. The first kappa shape index (κ1) is 20.1. The third-order valence-corrected chi connectivity index (χ3v) is 5.69. The molecule has 0 spiro atoms. The average Bonchev–Trinajstić information content (AvgIpc) is 2.63. The molecule has 5 nitrogen and oxygen atoms in total. The van der Waals surface area contributed by atoms with Crippen LogP contribution in [0.15, 0.2) is 77.7 Å². The van der Waals surface area contributed by atoms with Gasteiger partial charge in [0.1, 0.15) is 0 Å². The summed E-state index contributed by atoms with van der Waals surface area (Å²) in [5.74, 6) is 0. The summed E-state index contributed by atoms with van der Waals surface area (Å²) in [4.78, 5) is 0.0933. The van der Waals surface area contributed by atoms with Crippen molar-refractivity contribution in [2.24, 2.45) is 0 Å². The quantitative estimate of drug-likeness (QED) is 0.481. The third-order valence-electron chi connectivity index (χ3n) is 3.80. The largest absolute Gasteiger partial charge is 0.332 e. The second-order valence-corrected chi connectivity index (χ2v) is 8.56. The lowest BCUT2D eigenvalue weighted by molar-refractivity contribution is 0.601. The molecule has 3 rings (SSSR count). The monoisotopic (exact) mass is 431 g/mol. The molecule has 0 unspecified atom stereocenters. The van der Waals surface area contributed by atoms with E-state index in [0.717, 1.165) is 11.3 Å². The van der Waals surface area contributed by atoms with E-state index in [1.807, 2.05) is 31.2 Å². The molecule has 0 aliphatic heterocycles. The van der Waals surface area contributed by atoms with Crippen LogP contribution >= 0.6 is 23.8 Å². The van der Waals surface area contributed by atoms with Gasteiger partial charge in [-0.05, 0) is 67.2 Å². The van der Waals surface area contributed by atoms with Crippen molar-refractivity contribution in [1.29, 1.82) is 0 Å². The highest BCUT2D eigenvalue weighted by atomic mass is 35.5. The van der Waals surface area contributed by atoms with Crippen LogP contribution in [0.25, 0.3) is 0 Å². The van der Waals surface area contributed by atoms with Crippen molar-refractivity contribution in [3.8, 4) is 0 Å². The maximum Gasteiger partial charge on any atom is 0.262 e. The highest BCUT2D eigenvalue weighted by Crippen LogP contribution is 2.25. The Balaban J connectivity index is 1.74. The molecule has 144 valence electrons. The van der Waals surface area contributed by atoms with E-state index in [4.69, 9.17) is 23.8 Å². The Morgan fingerprint density at radius 1 is 0.893 bits per heavy atom. The molecule has 0 heterocycles. The van der Waals surface area contributed by atoms with Gasteiger partial charge in [-0.1, -0.05) is 41.9 Å². The molecule has 3 aromatic carbocycles. The number of thiocarbonyl (C=S) groups is 1. The zero-order chi connectivity index (χ0) is 20.1. The van der Waals surface area contributed by atoms with Crippen LogP contribution in [0.5, 0.6) is 0 Å². The van der Waals surface area contributed by atoms with Gasteiger partial charge in [-0.2, -0.15) is 0 Å². The lowest BCUT2D eigenvalue weighted by Gasteiger charge is -2.13. The highest BCUT2D eigenvalue weighted by molar-refractivity contribution is 7.92. The minimum atomic E-state index is -3.80. The fourth-order valence-electron chi connectivity index (χ4n) is 2.50. The lowest BCUT2D eigenvalue weighted by atomic mass is 10.2. The fraction of sp³-hybridized carbons (Fsp3) is 0.0500. The summed E-state index contributed by atoms with van der Waals surface area (Å²) in [5.41, 5.74) is 2.82. The minimum Gasteiger partial charge on any atom is -0.332 e. The molecule has 3 aromatic rings. The van der Waals surface area contributed by atoms with Gasteiger partial charge in [-0.3, -0.25) is 4.72 Å². The number of hydrogen-bond acceptors (Lipinski definition) is 3. The molecule has 0 aliphatic rings. The summed E-state index contributed by atoms with van der Waals surface area (Å²) in [6.07, 6.45) is 0. The summed E-state index contributed by atoms with van der Waals surface area (Å²) in [5, 5.41) is 6.76. The van der Waals surface area contributed by atoms with Crippen LogP contribution in [0, 0.1) is 6.92 Å². The van der Waals surface area contributed by atoms with E-state index in [0.29, 0.717) is 21.5 Å². The first-order chi connectivity index (χ1) is 13.3. The standard InChI is InChI=1S/C20H18ClN3O2S2/c1-14-6-4-7-15(12-14)22-20(27)23-16-8-5-9-17(13-16)28(25,26)24-19-11-3-2-10-18(19)21/h2-13,24H,1H3,(H2,22,23,27). The van der Waals surface area contributed by atoms with E-state index in [1.165, 1.54) is 12.1 Å². The van der Waals surface area contributed by atoms with Crippen molar-refractivity contribution in [3.63, 3.8) is 0 Å². The molecule has 0 fully saturated rings. The molecule has 0 aromatic heterocycles. The average molecular weight is 432 g/mol. The number of nitrogens with one attached hydrogen (secondary N) is 3. The van der Waals surface area contributed by atoms with Crippen molar-refractivity contribution in [2.45, 2.75) is 11.8 Å². The van der Waals surface area contributed by atoms with Crippen molar-refractivity contribution in [2.75, 3.05) is 15.4 Å². The number of benzene rings is 3. The number of sulfonamides is 1. The van der Waals surface area contributed by atoms with Gasteiger partial charge in [0.25, 0.3) is 10.0 Å². The van der Waals surface area contributed by atoms with E-state index in [2.05, 4.69) is 15.4 Å². The van der Waals surface area contributed by atoms with Crippen LogP contribution in [0.2, 0.25) is 5.02 Å². The Bertz CT molecular complexity index is 1120. The molecule has 0 radical (unpaired) electrons. The Morgan fingerprint density at radius 2 is 1.54 bits per heavy atom. The van der Waals surface area contributed by atoms with Gasteiger partial charge in [-0.15, -0.1) is 0 Å². The van der Waals surface area contributed by atoms with Gasteiger partial charge in [0.2, 0.25) is 0 Å². The van der Waals surface area contributed by atoms with Crippen LogP contribution in [0.1, 0.15) is 5.56 Å². The van der Waals surface area contributed by atoms with Crippen molar-refractivity contribution < 1.29 is 8.42 Å². The van der Waals surface area contributed by atoms with Crippen molar-refractivity contribution in [3.05, 3.63) is 83.4 Å². The maximum atomic E-state index is 12.7. The molecule has 3 N–H and O–H groups in total. The number of anilines is 3. The van der Waals surface area contributed by atoms with Crippen LogP contribution in [-0.4, -0.2) is 13.5 Å². The van der Waals surface area contributed by atoms with E-state index in [1.54, 1.807) is 36.4 Å². The topological polar surface area (TPSA) is 70.2 Å².